The van der Waals surface area contributed by atoms with Crippen LogP contribution in [0.2, 0.25) is 0 Å². The van der Waals surface area contributed by atoms with Crippen molar-refractivity contribution in [2.75, 3.05) is 0 Å². The predicted octanol–water partition coefficient (Wildman–Crippen LogP) is 2.73. The third-order valence-corrected chi connectivity index (χ3v) is 10.0. The molecule has 4 aromatic carbocycles. The van der Waals surface area contributed by atoms with Crippen molar-refractivity contribution in [3.05, 3.63) is 133 Å². The van der Waals surface area contributed by atoms with E-state index in [1.807, 2.05) is 6.20 Å². The quantitative estimate of drug-likeness (QED) is 0.384. The molecule has 3 heteroatoms. The second-order valence-electron chi connectivity index (χ2n) is 7.50. The summed E-state index contributed by atoms with van der Waals surface area (Å²) >= 11 is 0. The molecule has 0 aliphatic carbocycles. The lowest BCUT2D eigenvalue weighted by Crippen LogP contribution is -3.00. The van der Waals surface area contributed by atoms with Crippen molar-refractivity contribution in [3.8, 4) is 0 Å². The van der Waals surface area contributed by atoms with Gasteiger partial charge in [0.15, 0.2) is 0 Å². The van der Waals surface area contributed by atoms with Crippen LogP contribution >= 0.6 is 7.26 Å². The van der Waals surface area contributed by atoms with Gasteiger partial charge in [0.05, 0.1) is 5.69 Å². The van der Waals surface area contributed by atoms with E-state index in [-0.39, 0.29) is 12.4 Å². The summed E-state index contributed by atoms with van der Waals surface area (Å²) in [4.78, 5) is 4.90. The smallest absolute Gasteiger partial charge is 0.118 e. The zero-order valence-corrected chi connectivity index (χ0v) is 18.8. The van der Waals surface area contributed by atoms with E-state index >= 15 is 0 Å². The Labute approximate surface area is 190 Å². The van der Waals surface area contributed by atoms with Gasteiger partial charge < -0.3 is 12.4 Å². The molecule has 0 atom stereocenters. The highest BCUT2D eigenvalue weighted by molar-refractivity contribution is 7.95. The summed E-state index contributed by atoms with van der Waals surface area (Å²) in [5.41, 5.74) is 1.14. The summed E-state index contributed by atoms with van der Waals surface area (Å²) < 4.78 is 0. The average Bonchev–Trinajstić information content (AvgIpc) is 2.84. The van der Waals surface area contributed by atoms with Crippen LogP contribution in [0.4, 0.5) is 0 Å². The topological polar surface area (TPSA) is 12.9 Å². The van der Waals surface area contributed by atoms with E-state index in [0.717, 1.165) is 11.9 Å². The van der Waals surface area contributed by atoms with E-state index in [9.17, 15) is 0 Å². The number of pyridine rings is 1. The van der Waals surface area contributed by atoms with Gasteiger partial charge in [-0.2, -0.15) is 0 Å². The van der Waals surface area contributed by atoms with Gasteiger partial charge in [-0.15, -0.1) is 0 Å². The molecule has 5 aromatic rings. The molecule has 0 fully saturated rings. The SMILES string of the molecule is [Cl-].c1ccc([P+](Cc2cc3ccccc3cn2)(c2ccccc2)c2ccccc2)cc1. The van der Waals surface area contributed by atoms with Crippen LogP contribution in [0, 0.1) is 0 Å². The van der Waals surface area contributed by atoms with Gasteiger partial charge in [0, 0.05) is 11.6 Å². The van der Waals surface area contributed by atoms with Crippen molar-refractivity contribution in [2.24, 2.45) is 0 Å². The fraction of sp³-hybridized carbons (Fsp3) is 0.0357. The van der Waals surface area contributed by atoms with E-state index in [2.05, 4.69) is 121 Å². The summed E-state index contributed by atoms with van der Waals surface area (Å²) in [6.07, 6.45) is 2.91. The molecule has 0 aliphatic rings. The highest BCUT2D eigenvalue weighted by Gasteiger charge is 2.45. The lowest BCUT2D eigenvalue weighted by molar-refractivity contribution is -0.00000583. The molecule has 1 aromatic heterocycles. The van der Waals surface area contributed by atoms with E-state index in [4.69, 9.17) is 4.98 Å². The zero-order chi connectivity index (χ0) is 20.2. The summed E-state index contributed by atoms with van der Waals surface area (Å²) in [5.74, 6) is 0. The van der Waals surface area contributed by atoms with Crippen LogP contribution in [0.25, 0.3) is 10.8 Å². The highest BCUT2D eigenvalue weighted by Crippen LogP contribution is 2.57. The molecule has 152 valence electrons. The first-order chi connectivity index (χ1) is 14.9. The largest absolute Gasteiger partial charge is 1.00 e. The number of hydrogen-bond acceptors (Lipinski definition) is 1. The first kappa shape index (κ1) is 21.2. The van der Waals surface area contributed by atoms with Gasteiger partial charge in [-0.05, 0) is 47.9 Å². The zero-order valence-electron chi connectivity index (χ0n) is 17.1. The van der Waals surface area contributed by atoms with Gasteiger partial charge in [-0.25, -0.2) is 0 Å². The molecule has 0 aliphatic heterocycles. The molecule has 0 unspecified atom stereocenters. The number of rotatable bonds is 5. The molecule has 5 rings (SSSR count). The normalized spacial score (nSPS) is 11.1. The Morgan fingerprint density at radius 2 is 0.935 bits per heavy atom. The van der Waals surface area contributed by atoms with Crippen LogP contribution in [0.15, 0.2) is 128 Å². The van der Waals surface area contributed by atoms with Gasteiger partial charge in [-0.1, -0.05) is 78.9 Å². The molecule has 0 spiro atoms. The minimum Gasteiger partial charge on any atom is -1.00 e. The van der Waals surface area contributed by atoms with Crippen molar-refractivity contribution in [2.45, 2.75) is 6.16 Å². The van der Waals surface area contributed by atoms with Gasteiger partial charge >= 0.3 is 0 Å². The Morgan fingerprint density at radius 1 is 0.516 bits per heavy atom. The summed E-state index contributed by atoms with van der Waals surface area (Å²) in [6.45, 7) is 0. The number of halogens is 1. The van der Waals surface area contributed by atoms with Crippen molar-refractivity contribution in [3.63, 3.8) is 0 Å². The second kappa shape index (κ2) is 9.43. The van der Waals surface area contributed by atoms with Gasteiger partial charge in [0.2, 0.25) is 0 Å². The Kier molecular flexibility index (Phi) is 6.47. The van der Waals surface area contributed by atoms with Crippen LogP contribution in [-0.4, -0.2) is 4.98 Å². The maximum Gasteiger partial charge on any atom is 0.118 e. The van der Waals surface area contributed by atoms with Gasteiger partial charge in [-0.3, -0.25) is 4.98 Å². The van der Waals surface area contributed by atoms with E-state index in [1.54, 1.807) is 0 Å². The number of fused-ring (bicyclic) bond motifs is 1. The van der Waals surface area contributed by atoms with Gasteiger partial charge in [0.25, 0.3) is 0 Å². The number of aromatic nitrogens is 1. The minimum atomic E-state index is -1.92. The Hall–Kier alpha value is -2.99. The molecule has 0 saturated carbocycles. The predicted molar refractivity (Wildman–Crippen MR) is 131 cm³/mol. The van der Waals surface area contributed by atoms with E-state index in [1.165, 1.54) is 26.7 Å². The summed E-state index contributed by atoms with van der Waals surface area (Å²) in [5, 5.41) is 6.59. The molecule has 0 bridgehead atoms. The van der Waals surface area contributed by atoms with Crippen LogP contribution in [0.1, 0.15) is 5.69 Å². The summed E-state index contributed by atoms with van der Waals surface area (Å²) in [7, 11) is -1.92. The van der Waals surface area contributed by atoms with Crippen molar-refractivity contribution < 1.29 is 12.4 Å². The number of benzene rings is 4. The summed E-state index contributed by atoms with van der Waals surface area (Å²) in [6, 6.07) is 43.7. The fourth-order valence-corrected chi connectivity index (χ4v) is 8.37. The second-order valence-corrected chi connectivity index (χ2v) is 11.0. The molecule has 0 radical (unpaired) electrons. The maximum absolute atomic E-state index is 4.90. The van der Waals surface area contributed by atoms with Gasteiger partial charge in [0.1, 0.15) is 29.3 Å². The Morgan fingerprint density at radius 3 is 1.42 bits per heavy atom. The van der Waals surface area contributed by atoms with Crippen molar-refractivity contribution >= 4 is 33.9 Å². The van der Waals surface area contributed by atoms with Crippen molar-refractivity contribution in [1.29, 1.82) is 0 Å². The fourth-order valence-electron chi connectivity index (χ4n) is 4.23. The Balaban J connectivity index is 0.00000231. The maximum atomic E-state index is 4.90. The molecule has 1 nitrogen and oxygen atoms in total. The van der Waals surface area contributed by atoms with Crippen LogP contribution in [0.5, 0.6) is 0 Å². The average molecular weight is 440 g/mol. The van der Waals surface area contributed by atoms with Crippen LogP contribution < -0.4 is 28.3 Å². The molecule has 31 heavy (non-hydrogen) atoms. The minimum absolute atomic E-state index is 0. The lowest BCUT2D eigenvalue weighted by Gasteiger charge is -2.27. The Bertz CT molecular complexity index is 1160. The number of hydrogen-bond donors (Lipinski definition) is 0. The third kappa shape index (κ3) is 4.12. The van der Waals surface area contributed by atoms with Crippen LogP contribution in [0.3, 0.4) is 0 Å². The standard InChI is InChI=1S/C28H23NP.ClH/c1-4-14-26(15-5-1)30(27-16-6-2-7-17-27,28-18-8-3-9-19-28)22-25-20-23-12-10-11-13-24(23)21-29-25;/h1-21H,22H2;1H/q+1;/p-1. The lowest BCUT2D eigenvalue weighted by atomic mass is 10.1. The monoisotopic (exact) mass is 439 g/mol. The molecular formula is C28H23ClNP. The molecule has 0 N–H and O–H groups in total. The van der Waals surface area contributed by atoms with E-state index < -0.39 is 7.26 Å². The molecule has 0 saturated heterocycles. The molecular weight excluding hydrogens is 417 g/mol. The number of nitrogens with zero attached hydrogens (tertiary/aromatic N) is 1. The highest BCUT2D eigenvalue weighted by atomic mass is 35.5. The molecule has 0 amide bonds. The van der Waals surface area contributed by atoms with Crippen LogP contribution in [-0.2, 0) is 6.16 Å². The van der Waals surface area contributed by atoms with Crippen molar-refractivity contribution in [1.82, 2.24) is 4.98 Å². The third-order valence-electron chi connectivity index (χ3n) is 5.68. The molecule has 1 heterocycles. The first-order valence-corrected chi connectivity index (χ1v) is 12.2. The first-order valence-electron chi connectivity index (χ1n) is 10.2. The van der Waals surface area contributed by atoms with E-state index in [0.29, 0.717) is 0 Å².